The molecule has 0 aliphatic carbocycles. The van der Waals surface area contributed by atoms with E-state index in [9.17, 15) is 0 Å². The SMILES string of the molecule is C/C(N)=C(\c1cnc2c3ccc(Cl)nc3n([C@@H](c3ccccc3)C3CCOCC3)c2c1)N(C)N. The van der Waals surface area contributed by atoms with E-state index in [2.05, 4.69) is 34.9 Å². The van der Waals surface area contributed by atoms with Gasteiger partial charge in [0.1, 0.15) is 10.8 Å². The highest BCUT2D eigenvalue weighted by Gasteiger charge is 2.30. The van der Waals surface area contributed by atoms with Crippen molar-refractivity contribution < 1.29 is 4.74 Å². The van der Waals surface area contributed by atoms with Gasteiger partial charge in [0.2, 0.25) is 0 Å². The van der Waals surface area contributed by atoms with Gasteiger partial charge in [0, 0.05) is 43.1 Å². The lowest BCUT2D eigenvalue weighted by Crippen LogP contribution is -2.27. The minimum absolute atomic E-state index is 0.0510. The minimum Gasteiger partial charge on any atom is -0.401 e. The Labute approximate surface area is 203 Å². The molecule has 0 radical (unpaired) electrons. The van der Waals surface area contributed by atoms with Crippen LogP contribution >= 0.6 is 11.6 Å². The maximum Gasteiger partial charge on any atom is 0.144 e. The van der Waals surface area contributed by atoms with Gasteiger partial charge in [0.15, 0.2) is 0 Å². The van der Waals surface area contributed by atoms with Crippen molar-refractivity contribution in [1.82, 2.24) is 19.5 Å². The summed E-state index contributed by atoms with van der Waals surface area (Å²) in [7, 11) is 1.78. The van der Waals surface area contributed by atoms with E-state index in [1.54, 1.807) is 7.05 Å². The third-order valence-corrected chi connectivity index (χ3v) is 6.79. The Morgan fingerprint density at radius 3 is 2.59 bits per heavy atom. The number of hydrogen-bond donors (Lipinski definition) is 2. The van der Waals surface area contributed by atoms with E-state index in [-0.39, 0.29) is 6.04 Å². The smallest absolute Gasteiger partial charge is 0.144 e. The lowest BCUT2D eigenvalue weighted by atomic mass is 9.86. The molecular weight excluding hydrogens is 448 g/mol. The molecule has 0 amide bonds. The molecule has 0 saturated carbocycles. The summed E-state index contributed by atoms with van der Waals surface area (Å²) in [6.07, 6.45) is 3.75. The normalized spacial score (nSPS) is 16.6. The highest BCUT2D eigenvalue weighted by Crippen LogP contribution is 2.40. The second kappa shape index (κ2) is 9.25. The van der Waals surface area contributed by atoms with Gasteiger partial charge in [-0.25, -0.2) is 10.8 Å². The lowest BCUT2D eigenvalue weighted by Gasteiger charge is -2.32. The number of aromatic nitrogens is 3. The van der Waals surface area contributed by atoms with Crippen LogP contribution < -0.4 is 11.6 Å². The van der Waals surface area contributed by atoms with Crippen molar-refractivity contribution in [2.24, 2.45) is 17.5 Å². The topological polar surface area (TPSA) is 95.2 Å². The first-order valence-corrected chi connectivity index (χ1v) is 11.9. The molecule has 8 heteroatoms. The van der Waals surface area contributed by atoms with Crippen LogP contribution in [0.15, 0.2) is 60.4 Å². The van der Waals surface area contributed by atoms with Crippen molar-refractivity contribution in [1.29, 1.82) is 0 Å². The quantitative estimate of drug-likeness (QED) is 0.246. The maximum atomic E-state index is 6.41. The van der Waals surface area contributed by atoms with Gasteiger partial charge in [-0.15, -0.1) is 0 Å². The van der Waals surface area contributed by atoms with Gasteiger partial charge in [-0.05, 0) is 49.4 Å². The molecule has 7 nitrogen and oxygen atoms in total. The van der Waals surface area contributed by atoms with Crippen LogP contribution in [0.3, 0.4) is 0 Å². The zero-order valence-corrected chi connectivity index (χ0v) is 20.2. The van der Waals surface area contributed by atoms with Crippen LogP contribution in [0.2, 0.25) is 5.15 Å². The first-order valence-electron chi connectivity index (χ1n) is 11.5. The molecule has 1 aliphatic rings. The molecule has 1 saturated heterocycles. The fraction of sp³-hybridized carbons (Fsp3) is 0.308. The third kappa shape index (κ3) is 4.00. The molecule has 176 valence electrons. The van der Waals surface area contributed by atoms with Crippen LogP contribution in [0.4, 0.5) is 0 Å². The van der Waals surface area contributed by atoms with Gasteiger partial charge in [-0.3, -0.25) is 4.98 Å². The van der Waals surface area contributed by atoms with Crippen molar-refractivity contribution in [3.8, 4) is 0 Å². The highest BCUT2D eigenvalue weighted by atomic mass is 35.5. The lowest BCUT2D eigenvalue weighted by molar-refractivity contribution is 0.0552. The molecular formula is C26H29ClN6O. The summed E-state index contributed by atoms with van der Waals surface area (Å²) in [5.41, 5.74) is 12.3. The third-order valence-electron chi connectivity index (χ3n) is 6.58. The number of nitrogens with zero attached hydrogens (tertiary/aromatic N) is 4. The Bertz CT molecular complexity index is 1350. The molecule has 0 unspecified atom stereocenters. The summed E-state index contributed by atoms with van der Waals surface area (Å²) >= 11 is 6.41. The number of ether oxygens (including phenoxy) is 1. The molecule has 1 aliphatic heterocycles. The summed E-state index contributed by atoms with van der Waals surface area (Å²) < 4.78 is 8.01. The van der Waals surface area contributed by atoms with Crippen LogP contribution in [0, 0.1) is 5.92 Å². The molecule has 1 fully saturated rings. The number of benzene rings is 1. The first kappa shape index (κ1) is 22.7. The second-order valence-electron chi connectivity index (χ2n) is 8.91. The fourth-order valence-corrected chi connectivity index (χ4v) is 5.33. The summed E-state index contributed by atoms with van der Waals surface area (Å²) in [4.78, 5) is 9.65. The predicted octanol–water partition coefficient (Wildman–Crippen LogP) is 4.71. The van der Waals surface area contributed by atoms with E-state index in [1.807, 2.05) is 31.3 Å². The monoisotopic (exact) mass is 476 g/mol. The van der Waals surface area contributed by atoms with Crippen molar-refractivity contribution in [3.05, 3.63) is 76.7 Å². The Morgan fingerprint density at radius 2 is 1.91 bits per heavy atom. The molecule has 4 aromatic rings. The van der Waals surface area contributed by atoms with E-state index >= 15 is 0 Å². The number of hydrazine groups is 1. The highest BCUT2D eigenvalue weighted by molar-refractivity contribution is 6.30. The molecule has 4 heterocycles. The predicted molar refractivity (Wildman–Crippen MR) is 137 cm³/mol. The van der Waals surface area contributed by atoms with E-state index < -0.39 is 0 Å². The summed E-state index contributed by atoms with van der Waals surface area (Å²) in [6.45, 7) is 3.34. The molecule has 1 aromatic carbocycles. The summed E-state index contributed by atoms with van der Waals surface area (Å²) in [5.74, 6) is 6.51. The number of hydrogen-bond acceptors (Lipinski definition) is 6. The Hall–Kier alpha value is -3.13. The van der Waals surface area contributed by atoms with E-state index in [4.69, 9.17) is 37.9 Å². The Morgan fingerprint density at radius 1 is 1.18 bits per heavy atom. The minimum atomic E-state index is 0.0510. The van der Waals surface area contributed by atoms with E-state index in [0.29, 0.717) is 16.8 Å². The van der Waals surface area contributed by atoms with Crippen molar-refractivity contribution >= 4 is 39.4 Å². The van der Waals surface area contributed by atoms with Crippen LogP contribution in [0.1, 0.15) is 36.9 Å². The van der Waals surface area contributed by atoms with Crippen LogP contribution in [-0.2, 0) is 4.74 Å². The van der Waals surface area contributed by atoms with Crippen LogP contribution in [-0.4, -0.2) is 39.8 Å². The van der Waals surface area contributed by atoms with Gasteiger partial charge in [-0.1, -0.05) is 41.9 Å². The van der Waals surface area contributed by atoms with Gasteiger partial charge in [0.05, 0.1) is 22.8 Å². The summed E-state index contributed by atoms with van der Waals surface area (Å²) in [6, 6.07) is 16.6. The molecule has 3 aromatic heterocycles. The fourth-order valence-electron chi connectivity index (χ4n) is 5.19. The number of fused-ring (bicyclic) bond motifs is 3. The van der Waals surface area contributed by atoms with Gasteiger partial charge >= 0.3 is 0 Å². The zero-order valence-electron chi connectivity index (χ0n) is 19.4. The number of rotatable bonds is 5. The average molecular weight is 477 g/mol. The summed E-state index contributed by atoms with van der Waals surface area (Å²) in [5, 5.41) is 2.96. The Kier molecular flexibility index (Phi) is 6.16. The van der Waals surface area contributed by atoms with Crippen molar-refractivity contribution in [2.75, 3.05) is 20.3 Å². The van der Waals surface area contributed by atoms with E-state index in [0.717, 1.165) is 59.4 Å². The van der Waals surface area contributed by atoms with Crippen molar-refractivity contribution in [3.63, 3.8) is 0 Å². The van der Waals surface area contributed by atoms with Gasteiger partial charge in [0.25, 0.3) is 0 Å². The number of nitrogens with two attached hydrogens (primary N) is 2. The van der Waals surface area contributed by atoms with Crippen LogP contribution in [0.25, 0.3) is 27.8 Å². The van der Waals surface area contributed by atoms with Crippen LogP contribution in [0.5, 0.6) is 0 Å². The standard InChI is InChI=1S/C26H29ClN6O/c1-16(28)24(32(2)29)19-14-21-23(30-15-19)20-8-9-22(27)31-26(20)33(21)25(17-6-4-3-5-7-17)18-10-12-34-13-11-18/h3-9,14-15,18,25H,10-13,28-29H2,1-2H3/b24-16-/t25-/m0/s1. The van der Waals surface area contributed by atoms with E-state index in [1.165, 1.54) is 10.6 Å². The van der Waals surface area contributed by atoms with Crippen molar-refractivity contribution in [2.45, 2.75) is 25.8 Å². The molecule has 0 bridgehead atoms. The number of allylic oxidation sites excluding steroid dienone is 1. The maximum absolute atomic E-state index is 6.41. The second-order valence-corrected chi connectivity index (χ2v) is 9.30. The average Bonchev–Trinajstić information content (AvgIpc) is 3.13. The number of halogens is 1. The number of pyridine rings is 2. The molecule has 1 atom stereocenters. The Balaban J connectivity index is 1.84. The molecule has 34 heavy (non-hydrogen) atoms. The largest absolute Gasteiger partial charge is 0.401 e. The van der Waals surface area contributed by atoms with Gasteiger partial charge < -0.3 is 20.0 Å². The van der Waals surface area contributed by atoms with Gasteiger partial charge in [-0.2, -0.15) is 0 Å². The molecule has 0 spiro atoms. The molecule has 5 rings (SSSR count). The zero-order chi connectivity index (χ0) is 23.8. The first-order chi connectivity index (χ1) is 16.5. The molecule has 4 N–H and O–H groups in total.